The summed E-state index contributed by atoms with van der Waals surface area (Å²) in [4.78, 5) is 14.6. The molecule has 0 spiro atoms. The summed E-state index contributed by atoms with van der Waals surface area (Å²) in [6, 6.07) is 7.34. The van der Waals surface area contributed by atoms with Crippen LogP contribution in [0.5, 0.6) is 0 Å². The predicted molar refractivity (Wildman–Crippen MR) is 83.9 cm³/mol. The topological polar surface area (TPSA) is 40.5 Å². The van der Waals surface area contributed by atoms with E-state index in [1.165, 1.54) is 0 Å². The molecule has 1 aromatic rings. The lowest BCUT2D eigenvalue weighted by Gasteiger charge is -2.26. The molecule has 1 amide bonds. The number of benzene rings is 1. The highest BCUT2D eigenvalue weighted by molar-refractivity contribution is 5.94. The minimum atomic E-state index is -0.167. The second-order valence-electron chi connectivity index (χ2n) is 5.72. The van der Waals surface area contributed by atoms with Crippen molar-refractivity contribution >= 4 is 5.91 Å². The Kier molecular flexibility index (Phi) is 5.03. The van der Waals surface area contributed by atoms with Gasteiger partial charge in [-0.3, -0.25) is 4.79 Å². The Balaban J connectivity index is 2.14. The molecule has 1 N–H and O–H groups in total. The lowest BCUT2D eigenvalue weighted by atomic mass is 9.82. The summed E-state index contributed by atoms with van der Waals surface area (Å²) in [5, 5.41) is 8.74. The fraction of sp³-hybridized carbons (Fsp3) is 0.500. The van der Waals surface area contributed by atoms with Crippen LogP contribution in [0.2, 0.25) is 0 Å². The number of aliphatic hydroxyl groups is 1. The molecular formula is C18H23NO2. The molecule has 0 saturated carbocycles. The first-order chi connectivity index (χ1) is 10.1. The molecule has 0 radical (unpaired) electrons. The minimum Gasteiger partial charge on any atom is -0.384 e. The maximum Gasteiger partial charge on any atom is 0.253 e. The number of hydrogen-bond acceptors (Lipinski definition) is 2. The third kappa shape index (κ3) is 3.46. The van der Waals surface area contributed by atoms with Gasteiger partial charge >= 0.3 is 0 Å². The van der Waals surface area contributed by atoms with Crippen molar-refractivity contribution in [2.24, 2.45) is 5.41 Å². The van der Waals surface area contributed by atoms with E-state index in [0.29, 0.717) is 11.0 Å². The average molecular weight is 285 g/mol. The molecule has 0 aromatic heterocycles. The molecule has 1 fully saturated rings. The molecule has 2 rings (SSSR count). The van der Waals surface area contributed by atoms with E-state index in [1.54, 1.807) is 0 Å². The first-order valence-corrected chi connectivity index (χ1v) is 7.63. The highest BCUT2D eigenvalue weighted by Gasteiger charge is 2.37. The highest BCUT2D eigenvalue weighted by atomic mass is 16.2. The van der Waals surface area contributed by atoms with Crippen LogP contribution in [0.15, 0.2) is 24.3 Å². The smallest absolute Gasteiger partial charge is 0.253 e. The summed E-state index contributed by atoms with van der Waals surface area (Å²) in [6.07, 6.45) is 3.33. The van der Waals surface area contributed by atoms with E-state index in [1.807, 2.05) is 29.2 Å². The molecule has 3 heteroatoms. The Labute approximate surface area is 127 Å². The Morgan fingerprint density at radius 2 is 2.14 bits per heavy atom. The standard InChI is InChI=1S/C18H23NO2/c1-3-18(4-2)10-11-19(14-18)17(21)16-9-5-7-15(13-16)8-6-12-20/h5,7,9,13,20H,3-4,10-12,14H2,1-2H3. The van der Waals surface area contributed by atoms with Crippen molar-refractivity contribution in [3.05, 3.63) is 35.4 Å². The van der Waals surface area contributed by atoms with Gasteiger partial charge in [0.15, 0.2) is 0 Å². The first-order valence-electron chi connectivity index (χ1n) is 7.63. The van der Waals surface area contributed by atoms with Crippen molar-refractivity contribution in [3.63, 3.8) is 0 Å². The fourth-order valence-electron chi connectivity index (χ4n) is 2.99. The predicted octanol–water partition coefficient (Wildman–Crippen LogP) is 2.68. The summed E-state index contributed by atoms with van der Waals surface area (Å²) < 4.78 is 0. The molecule has 1 heterocycles. The molecule has 0 aliphatic carbocycles. The second kappa shape index (κ2) is 6.78. The molecule has 0 atom stereocenters. The van der Waals surface area contributed by atoms with E-state index in [4.69, 9.17) is 5.11 Å². The van der Waals surface area contributed by atoms with Crippen molar-refractivity contribution in [2.45, 2.75) is 33.1 Å². The van der Waals surface area contributed by atoms with Crippen LogP contribution in [0, 0.1) is 17.3 Å². The molecule has 1 aliphatic rings. The second-order valence-corrected chi connectivity index (χ2v) is 5.72. The van der Waals surface area contributed by atoms with Crippen LogP contribution in [0.4, 0.5) is 0 Å². The van der Waals surface area contributed by atoms with Crippen LogP contribution in [0.1, 0.15) is 49.0 Å². The number of rotatable bonds is 3. The van der Waals surface area contributed by atoms with Gasteiger partial charge in [-0.05, 0) is 42.9 Å². The Hall–Kier alpha value is -1.79. The van der Waals surface area contributed by atoms with Crippen LogP contribution < -0.4 is 0 Å². The van der Waals surface area contributed by atoms with Crippen molar-refractivity contribution in [3.8, 4) is 11.8 Å². The monoisotopic (exact) mass is 285 g/mol. The molecule has 21 heavy (non-hydrogen) atoms. The van der Waals surface area contributed by atoms with Crippen LogP contribution in [0.3, 0.4) is 0 Å². The summed E-state index contributed by atoms with van der Waals surface area (Å²) >= 11 is 0. The van der Waals surface area contributed by atoms with Gasteiger partial charge in [0.05, 0.1) is 0 Å². The first kappa shape index (κ1) is 15.6. The fourth-order valence-corrected chi connectivity index (χ4v) is 2.99. The average Bonchev–Trinajstić information content (AvgIpc) is 2.97. The number of carbonyl (C=O) groups is 1. The molecule has 1 aromatic carbocycles. The molecule has 1 aliphatic heterocycles. The Morgan fingerprint density at radius 1 is 1.38 bits per heavy atom. The van der Waals surface area contributed by atoms with Crippen LogP contribution >= 0.6 is 0 Å². The van der Waals surface area contributed by atoms with E-state index in [2.05, 4.69) is 25.7 Å². The third-order valence-electron chi connectivity index (χ3n) is 4.65. The zero-order valence-corrected chi connectivity index (χ0v) is 12.9. The van der Waals surface area contributed by atoms with E-state index in [0.717, 1.165) is 37.9 Å². The highest BCUT2D eigenvalue weighted by Crippen LogP contribution is 2.37. The molecule has 0 bridgehead atoms. The van der Waals surface area contributed by atoms with E-state index in [-0.39, 0.29) is 12.5 Å². The molecular weight excluding hydrogens is 262 g/mol. The Bertz CT molecular complexity index is 564. The number of amides is 1. The van der Waals surface area contributed by atoms with Gasteiger partial charge in [-0.25, -0.2) is 0 Å². The van der Waals surface area contributed by atoms with Crippen molar-refractivity contribution in [1.82, 2.24) is 4.90 Å². The summed E-state index contributed by atoms with van der Waals surface area (Å²) in [6.45, 7) is 5.95. The quantitative estimate of drug-likeness (QED) is 0.867. The summed E-state index contributed by atoms with van der Waals surface area (Å²) in [7, 11) is 0. The van der Waals surface area contributed by atoms with Gasteiger partial charge in [0, 0.05) is 24.2 Å². The number of hydrogen-bond donors (Lipinski definition) is 1. The van der Waals surface area contributed by atoms with Gasteiger partial charge in [-0.1, -0.05) is 31.8 Å². The van der Waals surface area contributed by atoms with Crippen LogP contribution in [0.25, 0.3) is 0 Å². The number of aliphatic hydroxyl groups excluding tert-OH is 1. The number of likely N-dealkylation sites (tertiary alicyclic amines) is 1. The SMILES string of the molecule is CCC1(CC)CCN(C(=O)c2cccc(C#CCO)c2)C1. The molecule has 112 valence electrons. The van der Waals surface area contributed by atoms with E-state index >= 15 is 0 Å². The minimum absolute atomic E-state index is 0.0893. The maximum absolute atomic E-state index is 12.6. The van der Waals surface area contributed by atoms with Gasteiger partial charge in [-0.15, -0.1) is 0 Å². The van der Waals surface area contributed by atoms with Crippen LogP contribution in [-0.4, -0.2) is 35.6 Å². The molecule has 3 nitrogen and oxygen atoms in total. The van der Waals surface area contributed by atoms with E-state index in [9.17, 15) is 4.79 Å². The lowest BCUT2D eigenvalue weighted by molar-refractivity contribution is 0.0770. The third-order valence-corrected chi connectivity index (χ3v) is 4.65. The number of carbonyl (C=O) groups excluding carboxylic acids is 1. The number of nitrogens with zero attached hydrogens (tertiary/aromatic N) is 1. The normalized spacial score (nSPS) is 16.4. The van der Waals surface area contributed by atoms with Crippen molar-refractivity contribution < 1.29 is 9.90 Å². The van der Waals surface area contributed by atoms with E-state index < -0.39 is 0 Å². The lowest BCUT2D eigenvalue weighted by Crippen LogP contribution is -2.31. The molecule has 1 saturated heterocycles. The molecule has 0 unspecified atom stereocenters. The van der Waals surface area contributed by atoms with Crippen molar-refractivity contribution in [2.75, 3.05) is 19.7 Å². The van der Waals surface area contributed by atoms with Crippen molar-refractivity contribution in [1.29, 1.82) is 0 Å². The van der Waals surface area contributed by atoms with Gasteiger partial charge < -0.3 is 10.0 Å². The zero-order valence-electron chi connectivity index (χ0n) is 12.9. The largest absolute Gasteiger partial charge is 0.384 e. The van der Waals surface area contributed by atoms with Gasteiger partial charge in [0.2, 0.25) is 0 Å². The zero-order chi connectivity index (χ0) is 15.3. The maximum atomic E-state index is 12.6. The van der Waals surface area contributed by atoms with Gasteiger partial charge in [0.25, 0.3) is 5.91 Å². The van der Waals surface area contributed by atoms with Crippen LogP contribution in [-0.2, 0) is 0 Å². The van der Waals surface area contributed by atoms with Gasteiger partial charge in [-0.2, -0.15) is 0 Å². The van der Waals surface area contributed by atoms with Gasteiger partial charge in [0.1, 0.15) is 6.61 Å². The summed E-state index contributed by atoms with van der Waals surface area (Å²) in [5.74, 6) is 5.55. The Morgan fingerprint density at radius 3 is 2.76 bits per heavy atom. The summed E-state index contributed by atoms with van der Waals surface area (Å²) in [5.41, 5.74) is 1.75.